The van der Waals surface area contributed by atoms with Gasteiger partial charge in [-0.3, -0.25) is 0 Å². The van der Waals surface area contributed by atoms with Crippen molar-refractivity contribution in [3.8, 4) is 11.6 Å². The van der Waals surface area contributed by atoms with Crippen molar-refractivity contribution in [2.75, 3.05) is 25.5 Å². The Hall–Kier alpha value is -3.28. The molecule has 0 unspecified atom stereocenters. The van der Waals surface area contributed by atoms with Gasteiger partial charge in [0.15, 0.2) is 5.69 Å². The highest BCUT2D eigenvalue weighted by atomic mass is 32.2. The van der Waals surface area contributed by atoms with Crippen molar-refractivity contribution in [3.05, 3.63) is 55.1 Å². The van der Waals surface area contributed by atoms with Crippen LogP contribution < -0.4 is 10.1 Å². The Kier molecular flexibility index (Phi) is 7.72. The molecule has 0 radical (unpaired) electrons. The lowest BCUT2D eigenvalue weighted by Crippen LogP contribution is -2.37. The molecule has 1 aliphatic heterocycles. The van der Waals surface area contributed by atoms with Gasteiger partial charge in [-0.1, -0.05) is 19.1 Å². The lowest BCUT2D eigenvalue weighted by atomic mass is 10.0. The van der Waals surface area contributed by atoms with Gasteiger partial charge in [0.05, 0.1) is 17.5 Å². The third-order valence-electron chi connectivity index (χ3n) is 6.24. The molecule has 0 saturated carbocycles. The number of benzene rings is 2. The summed E-state index contributed by atoms with van der Waals surface area (Å²) in [4.78, 5) is 0.147. The van der Waals surface area contributed by atoms with E-state index in [1.807, 2.05) is 0 Å². The summed E-state index contributed by atoms with van der Waals surface area (Å²) in [5, 5.41) is 22.6. The second-order valence-corrected chi connectivity index (χ2v) is 11.0. The van der Waals surface area contributed by atoms with E-state index < -0.39 is 10.0 Å². The van der Waals surface area contributed by atoms with Crippen LogP contribution in [0.5, 0.6) is 11.6 Å². The Morgan fingerprint density at radius 2 is 2.03 bits per heavy atom. The molecule has 1 saturated heterocycles. The van der Waals surface area contributed by atoms with Gasteiger partial charge in [0.1, 0.15) is 5.75 Å². The van der Waals surface area contributed by atoms with Crippen LogP contribution in [0.3, 0.4) is 0 Å². The van der Waals surface area contributed by atoms with Crippen LogP contribution in [0.25, 0.3) is 10.9 Å². The Labute approximate surface area is 216 Å². The van der Waals surface area contributed by atoms with E-state index in [-0.39, 0.29) is 21.6 Å². The van der Waals surface area contributed by atoms with Crippen molar-refractivity contribution in [1.82, 2.24) is 8.87 Å². The summed E-state index contributed by atoms with van der Waals surface area (Å²) < 4.78 is 35.0. The molecule has 1 aromatic heterocycles. The summed E-state index contributed by atoms with van der Waals surface area (Å²) in [6.45, 7) is 7.15. The Morgan fingerprint density at radius 3 is 2.72 bits per heavy atom. The SMILES string of the molecule is C=CCn1c(O)c(N=NC(=S)Nc2cccc(OC)c2)c2cc(S(=O)(=O)N3CCC(C)CC3)ccc21. The fourth-order valence-corrected chi connectivity index (χ4v) is 5.85. The highest BCUT2D eigenvalue weighted by molar-refractivity contribution is 7.89. The van der Waals surface area contributed by atoms with Gasteiger partial charge >= 0.3 is 0 Å². The van der Waals surface area contributed by atoms with Gasteiger partial charge in [-0.2, -0.15) is 4.31 Å². The van der Waals surface area contributed by atoms with Crippen LogP contribution in [-0.2, 0) is 16.6 Å². The average Bonchev–Trinajstić information content (AvgIpc) is 3.13. The number of sulfonamides is 1. The number of aromatic hydroxyl groups is 1. The van der Waals surface area contributed by atoms with E-state index in [0.717, 1.165) is 12.8 Å². The molecule has 1 fully saturated rings. The number of azo groups is 1. The second kappa shape index (κ2) is 10.8. The normalized spacial score (nSPS) is 15.4. The summed E-state index contributed by atoms with van der Waals surface area (Å²) in [7, 11) is -2.12. The molecule has 2 heterocycles. The van der Waals surface area contributed by atoms with E-state index in [1.165, 1.54) is 10.4 Å². The van der Waals surface area contributed by atoms with Crippen LogP contribution in [0, 0.1) is 5.92 Å². The molecule has 2 N–H and O–H groups in total. The number of hydrogen-bond donors (Lipinski definition) is 2. The first kappa shape index (κ1) is 25.8. The predicted octanol–water partition coefficient (Wildman–Crippen LogP) is 5.44. The zero-order valence-electron chi connectivity index (χ0n) is 20.2. The van der Waals surface area contributed by atoms with Crippen LogP contribution >= 0.6 is 12.2 Å². The molecular formula is C25H29N5O4S2. The lowest BCUT2D eigenvalue weighted by Gasteiger charge is -2.29. The van der Waals surface area contributed by atoms with E-state index >= 15 is 0 Å². The molecule has 9 nitrogen and oxygen atoms in total. The molecule has 0 bridgehead atoms. The van der Waals surface area contributed by atoms with Crippen molar-refractivity contribution in [2.24, 2.45) is 16.1 Å². The minimum atomic E-state index is -3.69. The number of piperidine rings is 1. The molecule has 11 heteroatoms. The lowest BCUT2D eigenvalue weighted by molar-refractivity contribution is 0.288. The third kappa shape index (κ3) is 5.28. The first-order chi connectivity index (χ1) is 17.2. The molecule has 190 valence electrons. The van der Waals surface area contributed by atoms with Crippen LogP contribution in [0.1, 0.15) is 19.8 Å². The zero-order chi connectivity index (χ0) is 25.9. The quantitative estimate of drug-likeness (QED) is 0.241. The highest BCUT2D eigenvalue weighted by Crippen LogP contribution is 2.40. The van der Waals surface area contributed by atoms with Gasteiger partial charge < -0.3 is 19.7 Å². The molecule has 1 aliphatic rings. The van der Waals surface area contributed by atoms with E-state index in [1.54, 1.807) is 54.2 Å². The molecule has 4 rings (SSSR count). The Balaban J connectivity index is 1.68. The molecule has 0 atom stereocenters. The number of allylic oxidation sites excluding steroid dienone is 1. The number of fused-ring (bicyclic) bond motifs is 1. The summed E-state index contributed by atoms with van der Waals surface area (Å²) in [5.74, 6) is 1.01. The summed E-state index contributed by atoms with van der Waals surface area (Å²) >= 11 is 5.30. The fourth-order valence-electron chi connectivity index (χ4n) is 4.19. The number of aromatic nitrogens is 1. The second-order valence-electron chi connectivity index (χ2n) is 8.70. The van der Waals surface area contributed by atoms with Gasteiger partial charge in [-0.25, -0.2) is 8.42 Å². The monoisotopic (exact) mass is 527 g/mol. The Morgan fingerprint density at radius 1 is 1.28 bits per heavy atom. The van der Waals surface area contributed by atoms with E-state index in [0.29, 0.717) is 47.9 Å². The number of anilines is 1. The smallest absolute Gasteiger partial charge is 0.243 e. The molecule has 0 aliphatic carbocycles. The molecule has 0 spiro atoms. The first-order valence-electron chi connectivity index (χ1n) is 11.6. The van der Waals surface area contributed by atoms with Gasteiger partial charge in [0.2, 0.25) is 21.0 Å². The van der Waals surface area contributed by atoms with Crippen LogP contribution in [0.15, 0.2) is 70.2 Å². The molecule has 0 amide bonds. The standard InChI is InChI=1S/C25H29N5O4S2/c1-4-12-30-22-9-8-20(36(32,33)29-13-10-17(2)11-14-29)16-21(22)23(24(30)31)27-28-25(35)26-18-6-5-7-19(15-18)34-3/h4-9,15-17,31H,1,10-14H2,2-3H3,(H,26,35). The average molecular weight is 528 g/mol. The third-order valence-corrected chi connectivity index (χ3v) is 8.31. The minimum Gasteiger partial charge on any atom is -0.497 e. The largest absolute Gasteiger partial charge is 0.497 e. The number of rotatable bonds is 7. The number of nitrogens with one attached hydrogen (secondary N) is 1. The van der Waals surface area contributed by atoms with Crippen LogP contribution in [0.4, 0.5) is 11.4 Å². The predicted molar refractivity (Wildman–Crippen MR) is 145 cm³/mol. The van der Waals surface area contributed by atoms with Gasteiger partial charge in [0.25, 0.3) is 0 Å². The first-order valence-corrected chi connectivity index (χ1v) is 13.4. The highest BCUT2D eigenvalue weighted by Gasteiger charge is 2.29. The molecule has 3 aromatic rings. The number of thiocarbonyl (C=S) groups is 1. The van der Waals surface area contributed by atoms with Gasteiger partial charge in [-0.15, -0.1) is 16.8 Å². The maximum atomic E-state index is 13.3. The van der Waals surface area contributed by atoms with Crippen molar-refractivity contribution in [2.45, 2.75) is 31.2 Å². The number of nitrogens with zero attached hydrogens (tertiary/aromatic N) is 4. The summed E-state index contributed by atoms with van der Waals surface area (Å²) in [5.41, 5.74) is 1.41. The van der Waals surface area contributed by atoms with E-state index in [2.05, 4.69) is 29.0 Å². The molecule has 2 aromatic carbocycles. The molecular weight excluding hydrogens is 498 g/mol. The van der Waals surface area contributed by atoms with E-state index in [4.69, 9.17) is 17.0 Å². The topological polar surface area (TPSA) is 109 Å². The minimum absolute atomic E-state index is 0.0680. The van der Waals surface area contributed by atoms with Crippen molar-refractivity contribution in [1.29, 1.82) is 0 Å². The number of ether oxygens (including phenoxy) is 1. The van der Waals surface area contributed by atoms with E-state index in [9.17, 15) is 13.5 Å². The summed E-state index contributed by atoms with van der Waals surface area (Å²) in [6.07, 6.45) is 3.29. The van der Waals surface area contributed by atoms with Crippen molar-refractivity contribution >= 4 is 49.6 Å². The molecule has 36 heavy (non-hydrogen) atoms. The fraction of sp³-hybridized carbons (Fsp3) is 0.320. The maximum Gasteiger partial charge on any atom is 0.243 e. The summed E-state index contributed by atoms with van der Waals surface area (Å²) in [6, 6.07) is 11.9. The van der Waals surface area contributed by atoms with Crippen molar-refractivity contribution in [3.63, 3.8) is 0 Å². The zero-order valence-corrected chi connectivity index (χ0v) is 21.8. The number of hydrogen-bond acceptors (Lipinski definition) is 6. The van der Waals surface area contributed by atoms with Crippen LogP contribution in [0.2, 0.25) is 0 Å². The van der Waals surface area contributed by atoms with Crippen molar-refractivity contribution < 1.29 is 18.3 Å². The van der Waals surface area contributed by atoms with Gasteiger partial charge in [0, 0.05) is 36.8 Å². The maximum absolute atomic E-state index is 13.3. The Bertz CT molecular complexity index is 1420. The van der Waals surface area contributed by atoms with Gasteiger partial charge in [-0.05, 0) is 61.3 Å². The number of methoxy groups -OCH3 is 1. The van der Waals surface area contributed by atoms with Crippen LogP contribution in [-0.4, -0.2) is 47.7 Å².